The van der Waals surface area contributed by atoms with E-state index in [1.807, 2.05) is 0 Å². The average molecular weight is 1090 g/mol. The molecule has 4 nitrogen and oxygen atoms in total. The van der Waals surface area contributed by atoms with Crippen molar-refractivity contribution < 1.29 is 9.52 Å². The number of furan rings is 1. The van der Waals surface area contributed by atoms with Crippen molar-refractivity contribution in [3.63, 3.8) is 0 Å². The molecule has 412 valence electrons. The van der Waals surface area contributed by atoms with E-state index in [2.05, 4.69) is 252 Å². The van der Waals surface area contributed by atoms with Crippen molar-refractivity contribution in [2.75, 3.05) is 9.80 Å². The maximum atomic E-state index is 13.2. The fraction of sp³-hybridized carbons (Fsp3) is 0.200. The molecule has 13 aromatic rings. The molecule has 0 unspecified atom stereocenters. The Labute approximate surface area is 493 Å². The van der Waals surface area contributed by atoms with Crippen LogP contribution in [0.4, 0.5) is 34.1 Å². The molecule has 84 heavy (non-hydrogen) atoms. The number of anilines is 6. The van der Waals surface area contributed by atoms with Gasteiger partial charge in [0, 0.05) is 44.0 Å². The van der Waals surface area contributed by atoms with E-state index in [1.165, 1.54) is 108 Å². The summed E-state index contributed by atoms with van der Waals surface area (Å²) in [5, 5.41) is 23.1. The van der Waals surface area contributed by atoms with Gasteiger partial charge in [0.15, 0.2) is 5.58 Å². The van der Waals surface area contributed by atoms with Crippen LogP contribution in [0, 0.1) is 41.5 Å². The molecule has 1 aromatic heterocycles. The van der Waals surface area contributed by atoms with Crippen LogP contribution in [0.15, 0.2) is 205 Å². The zero-order chi connectivity index (χ0) is 56.9. The Morgan fingerprint density at radius 1 is 0.333 bits per heavy atom. The van der Waals surface area contributed by atoms with Crippen LogP contribution in [0.1, 0.15) is 108 Å². The fourth-order valence-corrected chi connectivity index (χ4v) is 15.2. The minimum absolute atomic E-state index is 0.258. The molecule has 2 aliphatic carbocycles. The van der Waals surface area contributed by atoms with Gasteiger partial charge >= 0.3 is 0 Å². The number of aromatic hydroxyl groups is 1. The number of hydrogen-bond acceptors (Lipinski definition) is 4. The summed E-state index contributed by atoms with van der Waals surface area (Å²) in [6, 6.07) is 74.2. The van der Waals surface area contributed by atoms with E-state index in [-0.39, 0.29) is 5.75 Å². The van der Waals surface area contributed by atoms with E-state index < -0.39 is 0 Å². The number of phenolic OH excluding ortho intramolecular Hbond substituents is 1. The van der Waals surface area contributed by atoms with Crippen LogP contribution in [0.3, 0.4) is 0 Å². The van der Waals surface area contributed by atoms with Crippen LogP contribution in [-0.2, 0) is 0 Å². The summed E-state index contributed by atoms with van der Waals surface area (Å²) in [7, 11) is 0. The van der Waals surface area contributed by atoms with Gasteiger partial charge in [-0.15, -0.1) is 0 Å². The molecular weight excluding hydrogens is 1020 g/mol. The minimum Gasteiger partial charge on any atom is -0.505 e. The molecule has 0 atom stereocenters. The van der Waals surface area contributed by atoms with Crippen LogP contribution in [0.25, 0.3) is 87.6 Å². The Bertz CT molecular complexity index is 4740. The molecule has 12 aromatic carbocycles. The van der Waals surface area contributed by atoms with Crippen LogP contribution in [-0.4, -0.2) is 5.11 Å². The molecule has 1 heterocycles. The summed E-state index contributed by atoms with van der Waals surface area (Å²) in [4.78, 5) is 4.95. The maximum Gasteiger partial charge on any atom is 0.159 e. The lowest BCUT2D eigenvalue weighted by molar-refractivity contribution is 0.478. The maximum absolute atomic E-state index is 13.2. The topological polar surface area (TPSA) is 39.9 Å². The van der Waals surface area contributed by atoms with Gasteiger partial charge in [0.05, 0.1) is 22.7 Å². The Balaban J connectivity index is 1.03. The van der Waals surface area contributed by atoms with Gasteiger partial charge in [-0.2, -0.15) is 0 Å². The summed E-state index contributed by atoms with van der Waals surface area (Å²) < 4.78 is 7.39. The summed E-state index contributed by atoms with van der Waals surface area (Å²) >= 11 is 0. The number of benzene rings is 12. The first-order chi connectivity index (χ1) is 41.1. The van der Waals surface area contributed by atoms with Gasteiger partial charge in [-0.05, 0) is 199 Å². The van der Waals surface area contributed by atoms with Crippen molar-refractivity contribution in [3.05, 3.63) is 245 Å². The van der Waals surface area contributed by atoms with Crippen molar-refractivity contribution in [2.45, 2.75) is 105 Å². The molecule has 15 rings (SSSR count). The third-order valence-corrected chi connectivity index (χ3v) is 19.2. The molecule has 2 aliphatic rings. The number of phenols is 1. The number of fused-ring (bicyclic) bond motifs is 3. The summed E-state index contributed by atoms with van der Waals surface area (Å²) in [5.41, 5.74) is 24.4. The smallest absolute Gasteiger partial charge is 0.159 e. The molecule has 2 fully saturated rings. The van der Waals surface area contributed by atoms with Crippen molar-refractivity contribution in [3.8, 4) is 39.1 Å². The van der Waals surface area contributed by atoms with Crippen molar-refractivity contribution >= 4 is 88.4 Å². The third kappa shape index (κ3) is 8.47. The highest BCUT2D eigenvalue weighted by molar-refractivity contribution is 6.30. The SMILES string of the molecule is Cc1ccc(N(c2cccc(-c3cccc(-c4ccccc4C)c3)c2O)c2cc(C3CCCC3)c3ccc4c(N(c5ccc(C)cc5C)c5cccc6c5oc5c(-c7ccccc7C)cccc56)cc(C5CCCC5)c5ccc2c3c54)c(C)c1. The quantitative estimate of drug-likeness (QED) is 0.131. The van der Waals surface area contributed by atoms with Crippen molar-refractivity contribution in [1.82, 2.24) is 0 Å². The molecule has 0 amide bonds. The fourth-order valence-electron chi connectivity index (χ4n) is 15.2. The van der Waals surface area contributed by atoms with Gasteiger partial charge in [-0.3, -0.25) is 0 Å². The first-order valence-corrected chi connectivity index (χ1v) is 30.6. The molecule has 0 radical (unpaired) electrons. The Morgan fingerprint density at radius 2 is 0.786 bits per heavy atom. The van der Waals surface area contributed by atoms with Gasteiger partial charge in [0.25, 0.3) is 0 Å². The first-order valence-electron chi connectivity index (χ1n) is 30.6. The molecule has 4 heteroatoms. The van der Waals surface area contributed by atoms with Gasteiger partial charge in [-0.1, -0.05) is 195 Å². The molecule has 0 aliphatic heterocycles. The zero-order valence-electron chi connectivity index (χ0n) is 49.1. The van der Waals surface area contributed by atoms with Gasteiger partial charge in [-0.25, -0.2) is 0 Å². The molecule has 0 saturated heterocycles. The van der Waals surface area contributed by atoms with E-state index in [4.69, 9.17) is 4.42 Å². The van der Waals surface area contributed by atoms with E-state index in [1.54, 1.807) is 0 Å². The molecule has 1 N–H and O–H groups in total. The van der Waals surface area contributed by atoms with E-state index in [0.717, 1.165) is 110 Å². The third-order valence-electron chi connectivity index (χ3n) is 19.2. The lowest BCUT2D eigenvalue weighted by atomic mass is 9.82. The number of aryl methyl sites for hydroxylation is 6. The Morgan fingerprint density at radius 3 is 1.36 bits per heavy atom. The predicted molar refractivity (Wildman–Crippen MR) is 356 cm³/mol. The van der Waals surface area contributed by atoms with Crippen LogP contribution < -0.4 is 9.80 Å². The summed E-state index contributed by atoms with van der Waals surface area (Å²) in [5.74, 6) is 1.07. The largest absolute Gasteiger partial charge is 0.505 e. The van der Waals surface area contributed by atoms with E-state index in [9.17, 15) is 5.11 Å². The van der Waals surface area contributed by atoms with E-state index in [0.29, 0.717) is 11.8 Å². The van der Waals surface area contributed by atoms with Gasteiger partial charge in [0.2, 0.25) is 0 Å². The zero-order valence-corrected chi connectivity index (χ0v) is 49.1. The monoisotopic (exact) mass is 1090 g/mol. The second-order valence-electron chi connectivity index (χ2n) is 24.6. The Kier molecular flexibility index (Phi) is 12.7. The summed E-state index contributed by atoms with van der Waals surface area (Å²) in [6.07, 6.45) is 9.51. The van der Waals surface area contributed by atoms with Crippen LogP contribution in [0.5, 0.6) is 5.75 Å². The van der Waals surface area contributed by atoms with Crippen LogP contribution >= 0.6 is 0 Å². The van der Waals surface area contributed by atoms with Gasteiger partial charge in [0.1, 0.15) is 11.3 Å². The first kappa shape index (κ1) is 51.7. The number of hydrogen-bond donors (Lipinski definition) is 1. The molecular formula is C80H70N2O2. The highest BCUT2D eigenvalue weighted by atomic mass is 16.3. The number of rotatable bonds is 11. The number of nitrogens with zero attached hydrogens (tertiary/aromatic N) is 2. The van der Waals surface area contributed by atoms with Crippen molar-refractivity contribution in [2.24, 2.45) is 0 Å². The summed E-state index contributed by atoms with van der Waals surface area (Å²) in [6.45, 7) is 13.2. The molecule has 2 saturated carbocycles. The average Bonchev–Trinajstić information content (AvgIpc) is 1.29. The predicted octanol–water partition coefficient (Wildman–Crippen LogP) is 23.3. The molecule has 0 spiro atoms. The molecule has 0 bridgehead atoms. The number of para-hydroxylation sites is 3. The van der Waals surface area contributed by atoms with Crippen molar-refractivity contribution in [1.29, 1.82) is 0 Å². The van der Waals surface area contributed by atoms with E-state index >= 15 is 0 Å². The normalized spacial score (nSPS) is 14.1. The lowest BCUT2D eigenvalue weighted by Gasteiger charge is -2.33. The minimum atomic E-state index is 0.258. The highest BCUT2D eigenvalue weighted by Crippen LogP contribution is 2.56. The second-order valence-corrected chi connectivity index (χ2v) is 24.6. The second kappa shape index (κ2) is 20.6. The lowest BCUT2D eigenvalue weighted by Crippen LogP contribution is -2.15. The highest BCUT2D eigenvalue weighted by Gasteiger charge is 2.32. The standard InChI is InChI=1S/C80H70N2O2/c1-48-35-41-70(52(5)43-48)81(72-33-17-29-60(78(72)83)57-26-15-25-56(45-57)58-27-13-7-19-50(58)3)74-46-68(54-21-9-10-22-54)61-38-40-67-75(47-69(55-23-11-12-24-55)62-37-39-66(74)76(61)77(62)67)82(71-42-36-49(2)44-53(71)6)73-34-18-32-65-64-31-16-30-63(79(64)84-80(65)73)59-28-14-8-20-51(59)4/h7-8,13-20,25-47,54-55,83H,9-12,21-24H2,1-6H3. The Hall–Kier alpha value is -9.12. The van der Waals surface area contributed by atoms with Crippen LogP contribution in [0.2, 0.25) is 0 Å². The van der Waals surface area contributed by atoms with Gasteiger partial charge < -0.3 is 19.3 Å².